The molecule has 2 aromatic rings. The van der Waals surface area contributed by atoms with Crippen molar-refractivity contribution in [3.63, 3.8) is 0 Å². The van der Waals surface area contributed by atoms with Crippen LogP contribution in [-0.2, 0) is 9.53 Å². The molecule has 9 nitrogen and oxygen atoms in total. The van der Waals surface area contributed by atoms with Crippen LogP contribution in [0.1, 0.15) is 42.9 Å². The fraction of sp³-hybridized carbons (Fsp3) is 0.423. The number of urea groups is 1. The summed E-state index contributed by atoms with van der Waals surface area (Å²) in [6.07, 6.45) is 1.48. The number of amides is 3. The summed E-state index contributed by atoms with van der Waals surface area (Å²) in [6, 6.07) is 7.19. The number of nitrogens with zero attached hydrogens (tertiary/aromatic N) is 3. The van der Waals surface area contributed by atoms with E-state index in [9.17, 15) is 14.4 Å². The molecule has 37 heavy (non-hydrogen) atoms. The van der Waals surface area contributed by atoms with E-state index in [1.54, 1.807) is 47.1 Å². The average molecular weight is 549 g/mol. The van der Waals surface area contributed by atoms with Gasteiger partial charge in [-0.1, -0.05) is 29.3 Å². The second-order valence-corrected chi connectivity index (χ2v) is 9.76. The third kappa shape index (κ3) is 5.63. The summed E-state index contributed by atoms with van der Waals surface area (Å²) in [7, 11) is 0. The average Bonchev–Trinajstić information content (AvgIpc) is 3.40. The fourth-order valence-corrected chi connectivity index (χ4v) is 5.14. The van der Waals surface area contributed by atoms with Crippen LogP contribution in [0.5, 0.6) is 0 Å². The van der Waals surface area contributed by atoms with E-state index < -0.39 is 12.0 Å². The number of hydrogen-bond acceptors (Lipinski definition) is 6. The van der Waals surface area contributed by atoms with Crippen LogP contribution in [0.3, 0.4) is 0 Å². The largest absolute Gasteiger partial charge is 0.463 e. The van der Waals surface area contributed by atoms with E-state index in [4.69, 9.17) is 32.4 Å². The highest BCUT2D eigenvalue weighted by Gasteiger charge is 2.39. The smallest absolute Gasteiger partial charge is 0.338 e. The number of nitrogens with one attached hydrogen (secondary N) is 1. The fourth-order valence-electron chi connectivity index (χ4n) is 4.83. The quantitative estimate of drug-likeness (QED) is 0.517. The number of carbonyl (C=O) groups excluding carboxylic acids is 3. The zero-order chi connectivity index (χ0) is 26.7. The number of esters is 1. The van der Waals surface area contributed by atoms with Crippen molar-refractivity contribution < 1.29 is 23.5 Å². The second kappa shape index (κ2) is 11.6. The van der Waals surface area contributed by atoms with Gasteiger partial charge in [-0.25, -0.2) is 9.59 Å². The first-order chi connectivity index (χ1) is 17.7. The minimum absolute atomic E-state index is 0.101. The van der Waals surface area contributed by atoms with Crippen molar-refractivity contribution in [1.82, 2.24) is 20.0 Å². The molecular weight excluding hydrogens is 519 g/mol. The van der Waals surface area contributed by atoms with Gasteiger partial charge in [0.2, 0.25) is 0 Å². The van der Waals surface area contributed by atoms with Crippen LogP contribution in [0, 0.1) is 0 Å². The van der Waals surface area contributed by atoms with Crippen LogP contribution in [-0.4, -0.2) is 78.0 Å². The first-order valence-corrected chi connectivity index (χ1v) is 13.0. The van der Waals surface area contributed by atoms with Gasteiger partial charge in [-0.15, -0.1) is 0 Å². The highest BCUT2D eigenvalue weighted by Crippen LogP contribution is 2.35. The Morgan fingerprint density at radius 1 is 1.16 bits per heavy atom. The van der Waals surface area contributed by atoms with Crippen LogP contribution >= 0.6 is 23.2 Å². The summed E-state index contributed by atoms with van der Waals surface area (Å²) >= 11 is 12.4. The minimum Gasteiger partial charge on any atom is -0.463 e. The second-order valence-electron chi connectivity index (χ2n) is 8.94. The number of rotatable bonds is 7. The van der Waals surface area contributed by atoms with Crippen molar-refractivity contribution in [3.05, 3.63) is 69.2 Å². The number of likely N-dealkylation sites (N-methyl/N-ethyl adjacent to an activating group) is 1. The maximum Gasteiger partial charge on any atom is 0.338 e. The van der Waals surface area contributed by atoms with E-state index in [0.717, 1.165) is 0 Å². The minimum atomic E-state index is -0.752. The lowest BCUT2D eigenvalue weighted by Crippen LogP contribution is -2.56. The number of halogens is 2. The highest BCUT2D eigenvalue weighted by molar-refractivity contribution is 6.42. The number of piperazine rings is 1. The maximum absolute atomic E-state index is 13.3. The van der Waals surface area contributed by atoms with Crippen molar-refractivity contribution in [1.29, 1.82) is 0 Å². The van der Waals surface area contributed by atoms with Gasteiger partial charge < -0.3 is 19.4 Å². The molecule has 2 atom stereocenters. The Morgan fingerprint density at radius 2 is 1.95 bits per heavy atom. The Morgan fingerprint density at radius 3 is 2.57 bits per heavy atom. The molecule has 3 heterocycles. The highest BCUT2D eigenvalue weighted by atomic mass is 35.5. The first-order valence-electron chi connectivity index (χ1n) is 12.2. The van der Waals surface area contributed by atoms with Gasteiger partial charge in [0.05, 0.1) is 34.5 Å². The summed E-state index contributed by atoms with van der Waals surface area (Å²) in [5.74, 6) is -0.361. The third-order valence-electron chi connectivity index (χ3n) is 6.60. The Bertz CT molecular complexity index is 1200. The van der Waals surface area contributed by atoms with Crippen LogP contribution < -0.4 is 5.32 Å². The SMILES string of the molecule is CCOC(=O)C1=C(CN2CCN(C(=O)c3ccco3)[C@H](C)C2)N(CC)C(=O)N[C@H]1c1ccc(Cl)c(Cl)c1. The Labute approximate surface area is 225 Å². The molecule has 1 aromatic heterocycles. The third-order valence-corrected chi connectivity index (χ3v) is 7.34. The van der Waals surface area contributed by atoms with Gasteiger partial charge >= 0.3 is 12.0 Å². The molecule has 0 unspecified atom stereocenters. The van der Waals surface area contributed by atoms with Gasteiger partial charge in [-0.2, -0.15) is 0 Å². The van der Waals surface area contributed by atoms with Crippen molar-refractivity contribution in [2.24, 2.45) is 0 Å². The summed E-state index contributed by atoms with van der Waals surface area (Å²) in [5.41, 5.74) is 1.54. The number of carbonyl (C=O) groups is 3. The van der Waals surface area contributed by atoms with E-state index in [-0.39, 0.29) is 24.6 Å². The standard InChI is InChI=1S/C26H30Cl2N4O5/c1-4-31-20(15-30-10-11-32(16(3)14-30)24(33)21-7-6-12-37-21)22(25(34)36-5-2)23(29-26(31)35)17-8-9-18(27)19(28)13-17/h6-9,12-13,16,23H,4-5,10-11,14-15H2,1-3H3,(H,29,35)/t16-,23+/m1/s1. The van der Waals surface area contributed by atoms with E-state index in [1.807, 2.05) is 13.8 Å². The maximum atomic E-state index is 13.3. The molecule has 0 spiro atoms. The molecule has 2 aliphatic rings. The molecule has 1 N–H and O–H groups in total. The molecule has 1 saturated heterocycles. The zero-order valence-corrected chi connectivity index (χ0v) is 22.5. The normalized spacial score (nSPS) is 20.7. The van der Waals surface area contributed by atoms with E-state index in [2.05, 4.69) is 10.2 Å². The monoisotopic (exact) mass is 548 g/mol. The molecule has 0 aliphatic carbocycles. The van der Waals surface area contributed by atoms with E-state index in [1.165, 1.54) is 6.26 Å². The summed E-state index contributed by atoms with van der Waals surface area (Å²) in [6.45, 7) is 8.05. The van der Waals surface area contributed by atoms with Gasteiger partial charge in [0.1, 0.15) is 0 Å². The summed E-state index contributed by atoms with van der Waals surface area (Å²) < 4.78 is 10.7. The Balaban J connectivity index is 1.66. The van der Waals surface area contributed by atoms with Gasteiger partial charge in [0.25, 0.3) is 5.91 Å². The first kappa shape index (κ1) is 27.0. The zero-order valence-electron chi connectivity index (χ0n) is 21.0. The summed E-state index contributed by atoms with van der Waals surface area (Å²) in [4.78, 5) is 44.8. The van der Waals surface area contributed by atoms with Crippen molar-refractivity contribution in [2.75, 3.05) is 39.3 Å². The number of ether oxygens (including phenoxy) is 1. The van der Waals surface area contributed by atoms with Crippen molar-refractivity contribution >= 4 is 41.1 Å². The predicted molar refractivity (Wildman–Crippen MR) is 139 cm³/mol. The molecule has 2 aliphatic heterocycles. The van der Waals surface area contributed by atoms with Crippen LogP contribution in [0.25, 0.3) is 0 Å². The topological polar surface area (TPSA) is 95.3 Å². The molecule has 0 saturated carbocycles. The van der Waals surface area contributed by atoms with E-state index in [0.29, 0.717) is 65.4 Å². The molecule has 0 bridgehead atoms. The lowest BCUT2D eigenvalue weighted by atomic mass is 9.94. The van der Waals surface area contributed by atoms with Gasteiger partial charge in [0, 0.05) is 44.5 Å². The molecule has 0 radical (unpaired) electrons. The van der Waals surface area contributed by atoms with Crippen molar-refractivity contribution in [2.45, 2.75) is 32.9 Å². The summed E-state index contributed by atoms with van der Waals surface area (Å²) in [5, 5.41) is 3.63. The molecule has 3 amide bonds. The predicted octanol–water partition coefficient (Wildman–Crippen LogP) is 4.34. The molecular formula is C26H30Cl2N4O5. The van der Waals surface area contributed by atoms with Crippen LogP contribution in [0.4, 0.5) is 4.79 Å². The number of hydrogen-bond donors (Lipinski definition) is 1. The number of furan rings is 1. The van der Waals surface area contributed by atoms with Crippen LogP contribution in [0.2, 0.25) is 10.0 Å². The van der Waals surface area contributed by atoms with Gasteiger partial charge in [0.15, 0.2) is 5.76 Å². The Kier molecular flexibility index (Phi) is 8.46. The molecule has 4 rings (SSSR count). The number of benzene rings is 1. The molecule has 1 fully saturated rings. The molecule has 1 aromatic carbocycles. The van der Waals surface area contributed by atoms with E-state index >= 15 is 0 Å². The van der Waals surface area contributed by atoms with Gasteiger partial charge in [-0.05, 0) is 50.6 Å². The van der Waals surface area contributed by atoms with Crippen LogP contribution in [0.15, 0.2) is 52.3 Å². The lowest BCUT2D eigenvalue weighted by Gasteiger charge is -2.42. The van der Waals surface area contributed by atoms with Gasteiger partial charge in [-0.3, -0.25) is 14.6 Å². The molecule has 11 heteroatoms. The van der Waals surface area contributed by atoms with Crippen molar-refractivity contribution in [3.8, 4) is 0 Å². The molecule has 198 valence electrons. The lowest BCUT2D eigenvalue weighted by molar-refractivity contribution is -0.139. The Hall–Kier alpha value is -3.01.